The maximum atomic E-state index is 10.5. The van der Waals surface area contributed by atoms with Crippen molar-refractivity contribution in [2.45, 2.75) is 6.92 Å². The highest BCUT2D eigenvalue weighted by atomic mass is 16.3. The van der Waals surface area contributed by atoms with Gasteiger partial charge in [0.05, 0.1) is 0 Å². The minimum Gasteiger partial charge on any atom is -0.508 e. The molecule has 3 nitrogen and oxygen atoms in total. The van der Waals surface area contributed by atoms with E-state index in [9.17, 15) is 4.79 Å². The van der Waals surface area contributed by atoms with Crippen molar-refractivity contribution in [3.8, 4) is 5.75 Å². The van der Waals surface area contributed by atoms with Crippen LogP contribution in [-0.2, 0) is 4.79 Å². The average Bonchev–Trinajstić information content (AvgIpc) is 1.93. The smallest absolute Gasteiger partial charge is 0.221 e. The van der Waals surface area contributed by atoms with Crippen LogP contribution in [0.2, 0.25) is 0 Å². The Kier molecular flexibility index (Phi) is 2.11. The Morgan fingerprint density at radius 2 is 1.91 bits per heavy atom. The van der Waals surface area contributed by atoms with Crippen molar-refractivity contribution in [3.05, 3.63) is 24.3 Å². The summed E-state index contributed by atoms with van der Waals surface area (Å²) in [5.74, 6) is 0.0785. The highest BCUT2D eigenvalue weighted by Gasteiger charge is 1.93. The maximum absolute atomic E-state index is 10.5. The van der Waals surface area contributed by atoms with E-state index in [4.69, 9.17) is 5.11 Å². The molecule has 0 bridgehead atoms. The number of amides is 1. The van der Waals surface area contributed by atoms with Crippen LogP contribution in [0.3, 0.4) is 0 Å². The normalized spacial score (nSPS) is 9.18. The minimum atomic E-state index is -0.115. The Labute approximate surface area is 64.7 Å². The molecular formula is C8H9NO2. The van der Waals surface area contributed by atoms with Gasteiger partial charge in [0.25, 0.3) is 0 Å². The summed E-state index contributed by atoms with van der Waals surface area (Å²) < 4.78 is 0. The van der Waals surface area contributed by atoms with Gasteiger partial charge < -0.3 is 10.4 Å². The van der Waals surface area contributed by atoms with E-state index in [1.54, 1.807) is 12.1 Å². The number of hydrogen-bond donors (Lipinski definition) is 2. The lowest BCUT2D eigenvalue weighted by atomic mass is 10.2. The van der Waals surface area contributed by atoms with Crippen molar-refractivity contribution in [1.29, 1.82) is 0 Å². The SMILES string of the molecule is [11CH3]C(=O)Nc1ccc(O)cc1. The van der Waals surface area contributed by atoms with E-state index >= 15 is 0 Å². The molecule has 2 N–H and O–H groups in total. The molecule has 0 aliphatic rings. The highest BCUT2D eigenvalue weighted by Crippen LogP contribution is 2.13. The van der Waals surface area contributed by atoms with Crippen LogP contribution in [0, 0.1) is 0 Å². The van der Waals surface area contributed by atoms with Gasteiger partial charge in [0.1, 0.15) is 5.75 Å². The van der Waals surface area contributed by atoms with Crippen LogP contribution < -0.4 is 5.32 Å². The predicted octanol–water partition coefficient (Wildman–Crippen LogP) is 1.35. The molecule has 0 aliphatic heterocycles. The molecule has 0 fully saturated rings. The number of aromatic hydroxyl groups is 1. The first-order valence-corrected chi connectivity index (χ1v) is 3.25. The molecule has 0 saturated carbocycles. The first-order chi connectivity index (χ1) is 5.18. The second-order valence-corrected chi connectivity index (χ2v) is 2.23. The van der Waals surface area contributed by atoms with E-state index in [1.807, 2.05) is 0 Å². The fraction of sp³-hybridized carbons (Fsp3) is 0.125. The summed E-state index contributed by atoms with van der Waals surface area (Å²) in [5, 5.41) is 11.5. The second kappa shape index (κ2) is 3.05. The molecule has 1 rings (SSSR count). The predicted molar refractivity (Wildman–Crippen MR) is 42.4 cm³/mol. The van der Waals surface area contributed by atoms with Crippen molar-refractivity contribution in [1.82, 2.24) is 0 Å². The van der Waals surface area contributed by atoms with Crippen molar-refractivity contribution >= 4 is 11.6 Å². The number of phenols is 1. The highest BCUT2D eigenvalue weighted by molar-refractivity contribution is 5.88. The van der Waals surface area contributed by atoms with Gasteiger partial charge in [0.15, 0.2) is 0 Å². The number of rotatable bonds is 1. The largest absolute Gasteiger partial charge is 0.508 e. The van der Waals surface area contributed by atoms with Crippen LogP contribution in [-0.4, -0.2) is 11.0 Å². The number of phenolic OH excluding ortho intramolecular Hbond substituents is 1. The molecular weight excluding hydrogens is 141 g/mol. The summed E-state index contributed by atoms with van der Waals surface area (Å²) >= 11 is 0. The van der Waals surface area contributed by atoms with Crippen LogP contribution >= 0.6 is 0 Å². The van der Waals surface area contributed by atoms with Gasteiger partial charge in [-0.3, -0.25) is 4.79 Å². The van der Waals surface area contributed by atoms with Gasteiger partial charge in [-0.15, -0.1) is 0 Å². The summed E-state index contributed by atoms with van der Waals surface area (Å²) in [6, 6.07) is 6.31. The number of nitrogens with one attached hydrogen (secondary N) is 1. The number of anilines is 1. The van der Waals surface area contributed by atoms with Gasteiger partial charge in [0, 0.05) is 12.6 Å². The van der Waals surface area contributed by atoms with Gasteiger partial charge in [-0.2, -0.15) is 0 Å². The monoisotopic (exact) mass is 150 g/mol. The number of hydrogen-bond acceptors (Lipinski definition) is 2. The summed E-state index contributed by atoms with van der Waals surface area (Å²) in [4.78, 5) is 10.5. The van der Waals surface area contributed by atoms with Gasteiger partial charge in [-0.1, -0.05) is 0 Å². The van der Waals surface area contributed by atoms with Gasteiger partial charge >= 0.3 is 0 Å². The molecule has 0 aromatic heterocycles. The van der Waals surface area contributed by atoms with E-state index in [1.165, 1.54) is 19.1 Å². The Balaban J connectivity index is 2.74. The third-order valence-electron chi connectivity index (χ3n) is 1.19. The maximum Gasteiger partial charge on any atom is 0.221 e. The number of carbonyl (C=O) groups is 1. The lowest BCUT2D eigenvalue weighted by molar-refractivity contribution is -0.114. The summed E-state index contributed by atoms with van der Waals surface area (Å²) in [7, 11) is 0. The van der Waals surface area contributed by atoms with E-state index in [2.05, 4.69) is 5.32 Å². The van der Waals surface area contributed by atoms with Gasteiger partial charge in [-0.05, 0) is 24.3 Å². The van der Waals surface area contributed by atoms with Crippen molar-refractivity contribution in [2.75, 3.05) is 5.32 Å². The Morgan fingerprint density at radius 3 is 2.36 bits per heavy atom. The Morgan fingerprint density at radius 1 is 1.36 bits per heavy atom. The number of carbonyl (C=O) groups excluding carboxylic acids is 1. The molecule has 3 heteroatoms. The zero-order valence-corrected chi connectivity index (χ0v) is 6.16. The van der Waals surface area contributed by atoms with Crippen LogP contribution in [0.4, 0.5) is 5.69 Å². The Hall–Kier alpha value is -1.51. The van der Waals surface area contributed by atoms with Gasteiger partial charge in [0.2, 0.25) is 5.91 Å². The molecule has 0 saturated heterocycles. The first kappa shape index (κ1) is 7.60. The second-order valence-electron chi connectivity index (χ2n) is 2.23. The van der Waals surface area contributed by atoms with Crippen molar-refractivity contribution in [2.24, 2.45) is 0 Å². The molecule has 1 aromatic carbocycles. The van der Waals surface area contributed by atoms with Crippen LogP contribution in [0.15, 0.2) is 24.3 Å². The first-order valence-electron chi connectivity index (χ1n) is 3.25. The summed E-state index contributed by atoms with van der Waals surface area (Å²) in [5.41, 5.74) is 0.690. The lowest BCUT2D eigenvalue weighted by Crippen LogP contribution is -2.04. The molecule has 0 aliphatic carbocycles. The lowest BCUT2D eigenvalue weighted by Gasteiger charge is -1.99. The third kappa shape index (κ3) is 2.29. The van der Waals surface area contributed by atoms with Crippen molar-refractivity contribution in [3.63, 3.8) is 0 Å². The van der Waals surface area contributed by atoms with Crippen LogP contribution in [0.1, 0.15) is 6.92 Å². The summed E-state index contributed by atoms with van der Waals surface area (Å²) in [6.45, 7) is 1.44. The molecule has 0 atom stereocenters. The molecule has 0 radical (unpaired) electrons. The Bertz CT molecular complexity index is 253. The molecule has 58 valence electrons. The summed E-state index contributed by atoms with van der Waals surface area (Å²) in [6.07, 6.45) is 0. The van der Waals surface area contributed by atoms with E-state index in [0.717, 1.165) is 0 Å². The van der Waals surface area contributed by atoms with Crippen LogP contribution in [0.25, 0.3) is 0 Å². The molecule has 0 unspecified atom stereocenters. The fourth-order valence-electron chi connectivity index (χ4n) is 0.748. The van der Waals surface area contributed by atoms with E-state index < -0.39 is 0 Å². The zero-order valence-electron chi connectivity index (χ0n) is 6.16. The van der Waals surface area contributed by atoms with Crippen molar-refractivity contribution < 1.29 is 9.90 Å². The number of benzene rings is 1. The molecule has 0 spiro atoms. The molecule has 0 heterocycles. The quantitative estimate of drug-likeness (QED) is 0.593. The van der Waals surface area contributed by atoms with E-state index in [0.29, 0.717) is 5.69 Å². The minimum absolute atomic E-state index is 0.115. The fourth-order valence-corrected chi connectivity index (χ4v) is 0.748. The van der Waals surface area contributed by atoms with E-state index in [-0.39, 0.29) is 11.7 Å². The molecule has 1 aromatic rings. The molecule has 1 amide bonds. The standard InChI is InChI=1S/C8H9NO2/c1-6(10)9-7-2-4-8(11)5-3-7/h2-5,11H,1H3,(H,9,10)/i1-1. The third-order valence-corrected chi connectivity index (χ3v) is 1.19. The van der Waals surface area contributed by atoms with Crippen LogP contribution in [0.5, 0.6) is 5.75 Å². The average molecular weight is 150 g/mol. The topological polar surface area (TPSA) is 49.3 Å². The zero-order chi connectivity index (χ0) is 8.27. The van der Waals surface area contributed by atoms with Gasteiger partial charge in [-0.25, -0.2) is 0 Å². The molecule has 11 heavy (non-hydrogen) atoms.